The van der Waals surface area contributed by atoms with Gasteiger partial charge in [-0.25, -0.2) is 14.4 Å². The molecule has 2 aliphatic rings. The van der Waals surface area contributed by atoms with Gasteiger partial charge < -0.3 is 19.2 Å². The minimum atomic E-state index is -0.572. The number of ether oxygens (including phenoxy) is 2. The SMILES string of the molecule is COc1ccnc(OCC(=O)N2CCC(c3nc(C4=NOC(c5c(F)cccc5Cl)C4)cs3)CC2)n1. The van der Waals surface area contributed by atoms with Gasteiger partial charge in [-0.3, -0.25) is 4.79 Å². The summed E-state index contributed by atoms with van der Waals surface area (Å²) in [5.41, 5.74) is 1.72. The van der Waals surface area contributed by atoms with Gasteiger partial charge >= 0.3 is 6.01 Å². The number of methoxy groups -OCH3 is 1. The minimum Gasteiger partial charge on any atom is -0.481 e. The van der Waals surface area contributed by atoms with E-state index >= 15 is 0 Å². The molecule has 0 saturated carbocycles. The fraction of sp³-hybridized carbons (Fsp3) is 0.375. The van der Waals surface area contributed by atoms with Crippen LogP contribution in [0.25, 0.3) is 0 Å². The quantitative estimate of drug-likeness (QED) is 0.446. The van der Waals surface area contributed by atoms with E-state index in [0.717, 1.165) is 23.5 Å². The van der Waals surface area contributed by atoms with Gasteiger partial charge in [0.2, 0.25) is 5.88 Å². The molecule has 36 heavy (non-hydrogen) atoms. The molecule has 0 bridgehead atoms. The molecule has 3 aromatic rings. The largest absolute Gasteiger partial charge is 0.481 e. The lowest BCUT2D eigenvalue weighted by Crippen LogP contribution is -2.40. The molecule has 12 heteroatoms. The molecule has 1 atom stereocenters. The molecule has 1 aromatic carbocycles. The first-order valence-corrected chi connectivity index (χ1v) is 12.7. The van der Waals surface area contributed by atoms with Gasteiger partial charge in [-0.15, -0.1) is 11.3 Å². The zero-order valence-electron chi connectivity index (χ0n) is 19.4. The van der Waals surface area contributed by atoms with Crippen LogP contribution in [0.2, 0.25) is 5.02 Å². The second-order valence-corrected chi connectivity index (χ2v) is 9.66. The maximum atomic E-state index is 14.3. The van der Waals surface area contributed by atoms with E-state index in [1.807, 2.05) is 5.38 Å². The number of aromatic nitrogens is 3. The van der Waals surface area contributed by atoms with E-state index in [-0.39, 0.29) is 24.4 Å². The highest BCUT2D eigenvalue weighted by molar-refractivity contribution is 7.10. The van der Waals surface area contributed by atoms with E-state index in [1.54, 1.807) is 34.4 Å². The fourth-order valence-corrected chi connectivity index (χ4v) is 5.50. The van der Waals surface area contributed by atoms with Crippen molar-refractivity contribution in [3.63, 3.8) is 0 Å². The Bertz CT molecular complexity index is 1260. The molecule has 0 aliphatic carbocycles. The Morgan fingerprint density at radius 3 is 2.89 bits per heavy atom. The second-order valence-electron chi connectivity index (χ2n) is 8.37. The van der Waals surface area contributed by atoms with Crippen molar-refractivity contribution >= 4 is 34.6 Å². The van der Waals surface area contributed by atoms with E-state index in [0.29, 0.717) is 41.7 Å². The zero-order valence-corrected chi connectivity index (χ0v) is 21.0. The maximum Gasteiger partial charge on any atom is 0.320 e. The molecule has 0 radical (unpaired) electrons. The average Bonchev–Trinajstić information content (AvgIpc) is 3.58. The highest BCUT2D eigenvalue weighted by Gasteiger charge is 2.31. The molecule has 0 N–H and O–H groups in total. The van der Waals surface area contributed by atoms with Crippen molar-refractivity contribution in [1.82, 2.24) is 19.9 Å². The lowest BCUT2D eigenvalue weighted by molar-refractivity contribution is -0.134. The fourth-order valence-electron chi connectivity index (χ4n) is 4.21. The lowest BCUT2D eigenvalue weighted by Gasteiger charge is -2.31. The minimum absolute atomic E-state index is 0.103. The molecule has 1 fully saturated rings. The number of thiazole rings is 1. The van der Waals surface area contributed by atoms with Crippen LogP contribution in [0.15, 0.2) is 41.0 Å². The van der Waals surface area contributed by atoms with Crippen LogP contribution in [0.1, 0.15) is 47.5 Å². The van der Waals surface area contributed by atoms with Crippen LogP contribution in [0.5, 0.6) is 11.9 Å². The van der Waals surface area contributed by atoms with Gasteiger partial charge in [0.1, 0.15) is 11.5 Å². The molecule has 5 rings (SSSR count). The number of amides is 1. The maximum absolute atomic E-state index is 14.3. The highest BCUT2D eigenvalue weighted by Crippen LogP contribution is 2.37. The molecule has 1 unspecified atom stereocenters. The molecule has 4 heterocycles. The van der Waals surface area contributed by atoms with Gasteiger partial charge in [-0.2, -0.15) is 4.98 Å². The van der Waals surface area contributed by atoms with E-state index in [9.17, 15) is 9.18 Å². The number of carbonyl (C=O) groups is 1. The molecular formula is C24H23ClFN5O4S. The summed E-state index contributed by atoms with van der Waals surface area (Å²) in [5, 5.41) is 7.40. The van der Waals surface area contributed by atoms with Gasteiger partial charge in [-0.1, -0.05) is 22.8 Å². The van der Waals surface area contributed by atoms with Gasteiger partial charge in [0, 0.05) is 48.6 Å². The normalized spacial score (nSPS) is 18.0. The topological polar surface area (TPSA) is 99.0 Å². The van der Waals surface area contributed by atoms with Crippen molar-refractivity contribution in [1.29, 1.82) is 0 Å². The third-order valence-electron chi connectivity index (χ3n) is 6.15. The molecule has 2 aromatic heterocycles. The summed E-state index contributed by atoms with van der Waals surface area (Å²) in [5.74, 6) is 0.0913. The van der Waals surface area contributed by atoms with Crippen LogP contribution in [-0.4, -0.2) is 58.3 Å². The number of oxime groups is 1. The van der Waals surface area contributed by atoms with E-state index in [2.05, 4.69) is 15.1 Å². The van der Waals surface area contributed by atoms with Crippen LogP contribution in [0.3, 0.4) is 0 Å². The number of benzene rings is 1. The summed E-state index contributed by atoms with van der Waals surface area (Å²) in [6.07, 6.45) is 2.93. The third kappa shape index (κ3) is 5.26. The molecule has 1 saturated heterocycles. The molecule has 0 spiro atoms. The van der Waals surface area contributed by atoms with Crippen molar-refractivity contribution in [2.75, 3.05) is 26.8 Å². The Balaban J connectivity index is 1.13. The van der Waals surface area contributed by atoms with Crippen molar-refractivity contribution in [3.05, 3.63) is 62.9 Å². The standard InChI is InChI=1S/C24H23ClFN5O4S/c1-33-20-5-8-27-24(29-20)34-12-21(32)31-9-6-14(7-10-31)23-28-18(13-36-23)17-11-19(35-30-17)22-15(25)3-2-4-16(22)26/h2-5,8,13-14,19H,6-7,9-12H2,1H3. The molecule has 188 valence electrons. The van der Waals surface area contributed by atoms with Crippen LogP contribution in [-0.2, 0) is 9.63 Å². The van der Waals surface area contributed by atoms with Gasteiger partial charge in [0.25, 0.3) is 5.91 Å². The summed E-state index contributed by atoms with van der Waals surface area (Å²) >= 11 is 7.74. The second kappa shape index (κ2) is 10.8. The number of halogens is 2. The number of carbonyl (C=O) groups excluding carboxylic acids is 1. The Hall–Kier alpha value is -3.31. The van der Waals surface area contributed by atoms with E-state index < -0.39 is 11.9 Å². The smallest absolute Gasteiger partial charge is 0.320 e. The summed E-state index contributed by atoms with van der Waals surface area (Å²) in [7, 11) is 1.50. The van der Waals surface area contributed by atoms with E-state index in [4.69, 9.17) is 30.9 Å². The Morgan fingerprint density at radius 1 is 1.28 bits per heavy atom. The Morgan fingerprint density at radius 2 is 2.11 bits per heavy atom. The lowest BCUT2D eigenvalue weighted by atomic mass is 9.97. The average molecular weight is 532 g/mol. The predicted octanol–water partition coefficient (Wildman–Crippen LogP) is 4.38. The summed E-state index contributed by atoms with van der Waals surface area (Å²) < 4.78 is 24.7. The Labute approximate surface area is 215 Å². The van der Waals surface area contributed by atoms with Crippen LogP contribution in [0.4, 0.5) is 4.39 Å². The molecule has 2 aliphatic heterocycles. The van der Waals surface area contributed by atoms with Crippen LogP contribution in [0, 0.1) is 5.82 Å². The summed E-state index contributed by atoms with van der Waals surface area (Å²) in [6.45, 7) is 1.09. The van der Waals surface area contributed by atoms with Crippen LogP contribution < -0.4 is 9.47 Å². The van der Waals surface area contributed by atoms with Gasteiger partial charge in [0.05, 0.1) is 22.8 Å². The van der Waals surface area contributed by atoms with Crippen molar-refractivity contribution < 1.29 is 23.5 Å². The molecular weight excluding hydrogens is 509 g/mol. The van der Waals surface area contributed by atoms with Crippen molar-refractivity contribution in [2.45, 2.75) is 31.3 Å². The first-order valence-electron chi connectivity index (χ1n) is 11.4. The first-order chi connectivity index (χ1) is 17.5. The Kier molecular flexibility index (Phi) is 7.28. The third-order valence-corrected chi connectivity index (χ3v) is 7.48. The van der Waals surface area contributed by atoms with Gasteiger partial charge in [0.15, 0.2) is 12.7 Å². The van der Waals surface area contributed by atoms with Crippen LogP contribution >= 0.6 is 22.9 Å². The number of rotatable bonds is 7. The molecule has 9 nitrogen and oxygen atoms in total. The highest BCUT2D eigenvalue weighted by atomic mass is 35.5. The van der Waals surface area contributed by atoms with Crippen molar-refractivity contribution in [3.8, 4) is 11.9 Å². The van der Waals surface area contributed by atoms with E-state index in [1.165, 1.54) is 19.4 Å². The number of hydrogen-bond donors (Lipinski definition) is 0. The predicted molar refractivity (Wildman–Crippen MR) is 131 cm³/mol. The first kappa shape index (κ1) is 24.4. The number of nitrogens with zero attached hydrogens (tertiary/aromatic N) is 5. The number of hydrogen-bond acceptors (Lipinski definition) is 9. The van der Waals surface area contributed by atoms with Crippen molar-refractivity contribution in [2.24, 2.45) is 5.16 Å². The van der Waals surface area contributed by atoms with Gasteiger partial charge in [-0.05, 0) is 25.0 Å². The monoisotopic (exact) mass is 531 g/mol. The zero-order chi connectivity index (χ0) is 25.1. The number of likely N-dealkylation sites (tertiary alicyclic amines) is 1. The molecule has 1 amide bonds. The summed E-state index contributed by atoms with van der Waals surface area (Å²) in [6, 6.07) is 6.27. The number of piperidine rings is 1. The summed E-state index contributed by atoms with van der Waals surface area (Å²) in [4.78, 5) is 32.7.